The molecule has 0 bridgehead atoms. The van der Waals surface area contributed by atoms with Crippen molar-refractivity contribution in [1.82, 2.24) is 9.97 Å². The molecule has 1 aromatic heterocycles. The van der Waals surface area contributed by atoms with E-state index < -0.39 is 0 Å². The summed E-state index contributed by atoms with van der Waals surface area (Å²) in [5, 5.41) is 3.22. The quantitative estimate of drug-likeness (QED) is 0.733. The molecule has 3 nitrogen and oxygen atoms in total. The fraction of sp³-hybridized carbons (Fsp3) is 0.158. The van der Waals surface area contributed by atoms with Crippen molar-refractivity contribution in [3.8, 4) is 0 Å². The van der Waals surface area contributed by atoms with Gasteiger partial charge in [-0.15, -0.1) is 0 Å². The number of nitrogens with zero attached hydrogens (tertiary/aromatic N) is 2. The SMILES string of the molecule is [HH].[HH].c1ccc(CCc2ccc(CNc3ncccn3)cc2)cc1. The van der Waals surface area contributed by atoms with Gasteiger partial charge in [0.05, 0.1) is 0 Å². The Labute approximate surface area is 134 Å². The molecule has 3 heteroatoms. The van der Waals surface area contributed by atoms with Crippen LogP contribution < -0.4 is 5.32 Å². The molecule has 0 atom stereocenters. The average Bonchev–Trinajstić information content (AvgIpc) is 2.61. The smallest absolute Gasteiger partial charge is 0.222 e. The van der Waals surface area contributed by atoms with E-state index in [4.69, 9.17) is 0 Å². The van der Waals surface area contributed by atoms with Crippen LogP contribution in [0, 0.1) is 0 Å². The molecule has 0 unspecified atom stereocenters. The maximum atomic E-state index is 4.15. The largest absolute Gasteiger partial charge is 0.350 e. The Hall–Kier alpha value is -2.68. The number of hydrogen-bond acceptors (Lipinski definition) is 3. The first kappa shape index (κ1) is 14.3. The van der Waals surface area contributed by atoms with Gasteiger partial charge in [0.25, 0.3) is 0 Å². The molecule has 0 radical (unpaired) electrons. The number of aryl methyl sites for hydroxylation is 2. The second-order valence-corrected chi connectivity index (χ2v) is 5.23. The van der Waals surface area contributed by atoms with E-state index >= 15 is 0 Å². The number of rotatable bonds is 6. The molecule has 0 aliphatic rings. The lowest BCUT2D eigenvalue weighted by Gasteiger charge is -2.06. The molecular formula is C19H23N3. The lowest BCUT2D eigenvalue weighted by Crippen LogP contribution is -2.03. The van der Waals surface area contributed by atoms with Gasteiger partial charge >= 0.3 is 0 Å². The van der Waals surface area contributed by atoms with Crippen molar-refractivity contribution in [2.75, 3.05) is 5.32 Å². The fourth-order valence-electron chi connectivity index (χ4n) is 2.33. The molecule has 22 heavy (non-hydrogen) atoms. The molecule has 1 heterocycles. The number of hydrogen-bond donors (Lipinski definition) is 1. The van der Waals surface area contributed by atoms with E-state index in [0.29, 0.717) is 5.95 Å². The minimum absolute atomic E-state index is 0. The first-order valence-corrected chi connectivity index (χ1v) is 7.53. The molecule has 114 valence electrons. The van der Waals surface area contributed by atoms with Gasteiger partial charge < -0.3 is 5.32 Å². The third kappa shape index (κ3) is 4.16. The van der Waals surface area contributed by atoms with Crippen molar-refractivity contribution in [2.24, 2.45) is 0 Å². The second-order valence-electron chi connectivity index (χ2n) is 5.23. The zero-order valence-electron chi connectivity index (χ0n) is 12.4. The topological polar surface area (TPSA) is 37.8 Å². The summed E-state index contributed by atoms with van der Waals surface area (Å²) in [6.07, 6.45) is 5.62. The standard InChI is InChI=1S/C19H19N3.2H2/c1-2-5-16(6-3-1)7-8-17-9-11-18(12-10-17)15-22-19-20-13-4-14-21-19;;/h1-6,9-14H,7-8,15H2,(H,20,21,22);2*1H. The van der Waals surface area contributed by atoms with Crippen LogP contribution in [0.15, 0.2) is 73.1 Å². The van der Waals surface area contributed by atoms with Gasteiger partial charge in [-0.05, 0) is 35.6 Å². The Morgan fingerprint density at radius 3 is 1.95 bits per heavy atom. The number of nitrogens with one attached hydrogen (secondary N) is 1. The Balaban J connectivity index is 0.00000144. The Kier molecular flexibility index (Phi) is 4.77. The number of anilines is 1. The summed E-state index contributed by atoms with van der Waals surface area (Å²) in [7, 11) is 0. The van der Waals surface area contributed by atoms with Crippen LogP contribution in [-0.2, 0) is 19.4 Å². The summed E-state index contributed by atoms with van der Waals surface area (Å²) in [5.74, 6) is 0.663. The van der Waals surface area contributed by atoms with Crippen molar-refractivity contribution in [3.05, 3.63) is 89.7 Å². The van der Waals surface area contributed by atoms with E-state index in [-0.39, 0.29) is 2.85 Å². The van der Waals surface area contributed by atoms with Crippen LogP contribution in [0.1, 0.15) is 19.5 Å². The molecule has 0 spiro atoms. The van der Waals surface area contributed by atoms with E-state index in [0.717, 1.165) is 19.4 Å². The van der Waals surface area contributed by atoms with Gasteiger partial charge in [-0.3, -0.25) is 0 Å². The monoisotopic (exact) mass is 293 g/mol. The Bertz CT molecular complexity index is 626. The molecule has 3 rings (SSSR count). The Morgan fingerprint density at radius 1 is 0.682 bits per heavy atom. The van der Waals surface area contributed by atoms with Crippen molar-refractivity contribution >= 4 is 5.95 Å². The molecule has 0 aliphatic carbocycles. The van der Waals surface area contributed by atoms with Crippen LogP contribution in [0.4, 0.5) is 5.95 Å². The van der Waals surface area contributed by atoms with E-state index in [2.05, 4.69) is 69.9 Å². The fourth-order valence-corrected chi connectivity index (χ4v) is 2.33. The minimum Gasteiger partial charge on any atom is -0.350 e. The minimum atomic E-state index is 0. The number of benzene rings is 2. The van der Waals surface area contributed by atoms with Gasteiger partial charge in [-0.1, -0.05) is 54.6 Å². The van der Waals surface area contributed by atoms with Crippen LogP contribution in [0.3, 0.4) is 0 Å². The average molecular weight is 293 g/mol. The molecule has 0 fully saturated rings. The molecular weight excluding hydrogens is 270 g/mol. The predicted octanol–water partition coefficient (Wildman–Crippen LogP) is 4.37. The lowest BCUT2D eigenvalue weighted by molar-refractivity contribution is 0.956. The summed E-state index contributed by atoms with van der Waals surface area (Å²) in [6, 6.07) is 21.1. The molecule has 0 saturated carbocycles. The normalized spacial score (nSPS) is 10.4. The third-order valence-corrected chi connectivity index (χ3v) is 3.58. The second kappa shape index (κ2) is 7.36. The van der Waals surface area contributed by atoms with Crippen molar-refractivity contribution in [3.63, 3.8) is 0 Å². The van der Waals surface area contributed by atoms with Crippen molar-refractivity contribution < 1.29 is 2.85 Å². The van der Waals surface area contributed by atoms with Gasteiger partial charge in [-0.25, -0.2) is 9.97 Å². The predicted molar refractivity (Wildman–Crippen MR) is 93.9 cm³/mol. The summed E-state index contributed by atoms with van der Waals surface area (Å²) in [6.45, 7) is 0.739. The highest BCUT2D eigenvalue weighted by Crippen LogP contribution is 2.10. The summed E-state index contributed by atoms with van der Waals surface area (Å²) < 4.78 is 0. The number of aromatic nitrogens is 2. The third-order valence-electron chi connectivity index (χ3n) is 3.58. The van der Waals surface area contributed by atoms with E-state index in [1.807, 2.05) is 6.07 Å². The summed E-state index contributed by atoms with van der Waals surface area (Å²) >= 11 is 0. The zero-order valence-corrected chi connectivity index (χ0v) is 12.4. The zero-order chi connectivity index (χ0) is 15.0. The summed E-state index contributed by atoms with van der Waals surface area (Å²) in [5.41, 5.74) is 3.98. The van der Waals surface area contributed by atoms with Crippen LogP contribution >= 0.6 is 0 Å². The molecule has 3 aromatic rings. The van der Waals surface area contributed by atoms with Crippen molar-refractivity contribution in [1.29, 1.82) is 0 Å². The van der Waals surface area contributed by atoms with E-state index in [1.54, 1.807) is 12.4 Å². The molecule has 0 amide bonds. The maximum absolute atomic E-state index is 4.15. The van der Waals surface area contributed by atoms with Crippen LogP contribution in [-0.4, -0.2) is 9.97 Å². The highest BCUT2D eigenvalue weighted by molar-refractivity contribution is 5.29. The molecule has 2 aromatic carbocycles. The van der Waals surface area contributed by atoms with Crippen LogP contribution in [0.2, 0.25) is 0 Å². The van der Waals surface area contributed by atoms with Gasteiger partial charge in [0.1, 0.15) is 0 Å². The van der Waals surface area contributed by atoms with E-state index in [1.165, 1.54) is 16.7 Å². The van der Waals surface area contributed by atoms with E-state index in [9.17, 15) is 0 Å². The lowest BCUT2D eigenvalue weighted by atomic mass is 10.0. The van der Waals surface area contributed by atoms with Gasteiger partial charge in [0.2, 0.25) is 5.95 Å². The van der Waals surface area contributed by atoms with Gasteiger partial charge in [0.15, 0.2) is 0 Å². The van der Waals surface area contributed by atoms with Gasteiger partial charge in [-0.2, -0.15) is 0 Å². The summed E-state index contributed by atoms with van der Waals surface area (Å²) in [4.78, 5) is 8.30. The Morgan fingerprint density at radius 2 is 1.27 bits per heavy atom. The molecule has 1 N–H and O–H groups in total. The molecule has 0 aliphatic heterocycles. The van der Waals surface area contributed by atoms with Crippen LogP contribution in [0.5, 0.6) is 0 Å². The first-order chi connectivity index (χ1) is 10.9. The first-order valence-electron chi connectivity index (χ1n) is 7.53. The molecule has 0 saturated heterocycles. The van der Waals surface area contributed by atoms with Crippen LogP contribution in [0.25, 0.3) is 0 Å². The maximum Gasteiger partial charge on any atom is 0.222 e. The van der Waals surface area contributed by atoms with Gasteiger partial charge in [0, 0.05) is 21.8 Å². The highest BCUT2D eigenvalue weighted by atomic mass is 15.1. The highest BCUT2D eigenvalue weighted by Gasteiger charge is 1.98. The van der Waals surface area contributed by atoms with Crippen molar-refractivity contribution in [2.45, 2.75) is 19.4 Å².